The third-order valence-electron chi connectivity index (χ3n) is 4.11. The standard InChI is InChI=1S/C19H12BrNO2/c1-11-4-2-5-12(10-11)21-18(22)14-7-3-6-13-16(20)9-8-15(17(13)14)19(21)23/h2-10H,1H3. The number of hydrogen-bond acceptors (Lipinski definition) is 2. The third-order valence-corrected chi connectivity index (χ3v) is 4.81. The maximum Gasteiger partial charge on any atom is 0.265 e. The molecule has 0 spiro atoms. The maximum absolute atomic E-state index is 12.9. The summed E-state index contributed by atoms with van der Waals surface area (Å²) in [6.45, 7) is 1.94. The Morgan fingerprint density at radius 1 is 0.870 bits per heavy atom. The summed E-state index contributed by atoms with van der Waals surface area (Å²) in [6.07, 6.45) is 0. The van der Waals surface area contributed by atoms with Gasteiger partial charge in [-0.2, -0.15) is 0 Å². The molecular weight excluding hydrogens is 354 g/mol. The van der Waals surface area contributed by atoms with Gasteiger partial charge in [-0.25, -0.2) is 4.90 Å². The number of imide groups is 1. The molecule has 112 valence electrons. The average molecular weight is 366 g/mol. The van der Waals surface area contributed by atoms with Crippen molar-refractivity contribution in [2.75, 3.05) is 4.90 Å². The first-order valence-corrected chi connectivity index (χ1v) is 8.04. The van der Waals surface area contributed by atoms with E-state index in [9.17, 15) is 9.59 Å². The molecule has 4 heteroatoms. The zero-order chi connectivity index (χ0) is 16.1. The van der Waals surface area contributed by atoms with Crippen molar-refractivity contribution in [3.05, 3.63) is 75.8 Å². The number of aryl methyl sites for hydroxylation is 1. The maximum atomic E-state index is 12.9. The van der Waals surface area contributed by atoms with Crippen LogP contribution in [0.1, 0.15) is 26.3 Å². The normalized spacial score (nSPS) is 13.7. The average Bonchev–Trinajstić information content (AvgIpc) is 2.54. The van der Waals surface area contributed by atoms with Crippen molar-refractivity contribution in [3.8, 4) is 0 Å². The van der Waals surface area contributed by atoms with Gasteiger partial charge in [-0.3, -0.25) is 9.59 Å². The van der Waals surface area contributed by atoms with E-state index < -0.39 is 0 Å². The van der Waals surface area contributed by atoms with Crippen molar-refractivity contribution in [2.45, 2.75) is 6.92 Å². The molecule has 0 atom stereocenters. The molecule has 0 saturated carbocycles. The zero-order valence-corrected chi connectivity index (χ0v) is 13.9. The monoisotopic (exact) mass is 365 g/mol. The van der Waals surface area contributed by atoms with Gasteiger partial charge in [-0.1, -0.05) is 40.2 Å². The molecule has 0 saturated heterocycles. The van der Waals surface area contributed by atoms with Crippen LogP contribution in [-0.4, -0.2) is 11.8 Å². The van der Waals surface area contributed by atoms with Crippen LogP contribution in [0.2, 0.25) is 0 Å². The minimum atomic E-state index is -0.281. The Morgan fingerprint density at radius 2 is 1.57 bits per heavy atom. The van der Waals surface area contributed by atoms with Crippen molar-refractivity contribution >= 4 is 44.2 Å². The Morgan fingerprint density at radius 3 is 2.30 bits per heavy atom. The Balaban J connectivity index is 2.01. The number of rotatable bonds is 1. The number of halogens is 1. The van der Waals surface area contributed by atoms with Gasteiger partial charge in [0.15, 0.2) is 0 Å². The van der Waals surface area contributed by atoms with E-state index in [4.69, 9.17) is 0 Å². The third kappa shape index (κ3) is 2.02. The van der Waals surface area contributed by atoms with Crippen LogP contribution in [0.15, 0.2) is 59.1 Å². The molecule has 0 aromatic heterocycles. The van der Waals surface area contributed by atoms with Crippen molar-refractivity contribution in [1.29, 1.82) is 0 Å². The van der Waals surface area contributed by atoms with E-state index in [1.165, 1.54) is 4.90 Å². The number of nitrogens with zero attached hydrogens (tertiary/aromatic N) is 1. The van der Waals surface area contributed by atoms with Crippen molar-refractivity contribution < 1.29 is 9.59 Å². The summed E-state index contributed by atoms with van der Waals surface area (Å²) < 4.78 is 0.878. The molecule has 1 aliphatic heterocycles. The molecule has 1 aliphatic rings. The van der Waals surface area contributed by atoms with E-state index in [0.29, 0.717) is 16.8 Å². The summed E-state index contributed by atoms with van der Waals surface area (Å²) in [5, 5.41) is 1.60. The van der Waals surface area contributed by atoms with Gasteiger partial charge in [0.05, 0.1) is 5.69 Å². The van der Waals surface area contributed by atoms with Crippen LogP contribution in [-0.2, 0) is 0 Å². The first-order valence-electron chi connectivity index (χ1n) is 7.24. The zero-order valence-electron chi connectivity index (χ0n) is 12.3. The Hall–Kier alpha value is -2.46. The Labute approximate surface area is 141 Å². The topological polar surface area (TPSA) is 37.4 Å². The van der Waals surface area contributed by atoms with E-state index in [-0.39, 0.29) is 11.8 Å². The molecule has 3 aromatic carbocycles. The highest BCUT2D eigenvalue weighted by atomic mass is 79.9. The van der Waals surface area contributed by atoms with E-state index in [1.807, 2.05) is 43.3 Å². The molecule has 3 nitrogen and oxygen atoms in total. The highest BCUT2D eigenvalue weighted by molar-refractivity contribution is 9.10. The lowest BCUT2D eigenvalue weighted by molar-refractivity contribution is 0.0893. The van der Waals surface area contributed by atoms with Crippen molar-refractivity contribution in [1.82, 2.24) is 0 Å². The largest absolute Gasteiger partial charge is 0.268 e. The molecule has 0 aliphatic carbocycles. The number of benzene rings is 3. The molecule has 3 aromatic rings. The molecule has 0 unspecified atom stereocenters. The van der Waals surface area contributed by atoms with Crippen LogP contribution in [0.4, 0.5) is 5.69 Å². The van der Waals surface area contributed by atoms with Gasteiger partial charge >= 0.3 is 0 Å². The molecular formula is C19H12BrNO2. The van der Waals surface area contributed by atoms with Crippen LogP contribution in [0.25, 0.3) is 10.8 Å². The smallest absolute Gasteiger partial charge is 0.265 e. The summed E-state index contributed by atoms with van der Waals surface area (Å²) in [7, 11) is 0. The number of anilines is 1. The Kier molecular flexibility index (Phi) is 3.10. The predicted molar refractivity (Wildman–Crippen MR) is 94.0 cm³/mol. The second-order valence-electron chi connectivity index (χ2n) is 5.61. The molecule has 0 radical (unpaired) electrons. The van der Waals surface area contributed by atoms with Crippen LogP contribution < -0.4 is 4.90 Å². The van der Waals surface area contributed by atoms with Crippen LogP contribution in [0, 0.1) is 6.92 Å². The second-order valence-corrected chi connectivity index (χ2v) is 6.46. The first kappa shape index (κ1) is 14.2. The van der Waals surface area contributed by atoms with Gasteiger partial charge in [0, 0.05) is 21.0 Å². The fraction of sp³-hybridized carbons (Fsp3) is 0.0526. The van der Waals surface area contributed by atoms with E-state index in [1.54, 1.807) is 18.2 Å². The number of carbonyl (C=O) groups excluding carboxylic acids is 2. The lowest BCUT2D eigenvalue weighted by Crippen LogP contribution is -2.40. The highest BCUT2D eigenvalue weighted by Gasteiger charge is 2.34. The summed E-state index contributed by atoms with van der Waals surface area (Å²) in [4.78, 5) is 27.1. The van der Waals surface area contributed by atoms with Crippen LogP contribution in [0.5, 0.6) is 0 Å². The number of amides is 2. The lowest BCUT2D eigenvalue weighted by atomic mass is 9.93. The van der Waals surface area contributed by atoms with Gasteiger partial charge in [0.2, 0.25) is 0 Å². The van der Waals surface area contributed by atoms with Crippen LogP contribution in [0.3, 0.4) is 0 Å². The van der Waals surface area contributed by atoms with Gasteiger partial charge in [0.1, 0.15) is 0 Å². The van der Waals surface area contributed by atoms with Crippen molar-refractivity contribution in [3.63, 3.8) is 0 Å². The van der Waals surface area contributed by atoms with E-state index in [0.717, 1.165) is 20.8 Å². The fourth-order valence-electron chi connectivity index (χ4n) is 3.06. The quantitative estimate of drug-likeness (QED) is 0.585. The molecule has 23 heavy (non-hydrogen) atoms. The molecule has 0 bridgehead atoms. The first-order chi connectivity index (χ1) is 11.1. The Bertz CT molecular complexity index is 972. The summed E-state index contributed by atoms with van der Waals surface area (Å²) in [6, 6.07) is 16.6. The minimum Gasteiger partial charge on any atom is -0.268 e. The molecule has 2 amide bonds. The van der Waals surface area contributed by atoms with Gasteiger partial charge in [-0.15, -0.1) is 0 Å². The van der Waals surface area contributed by atoms with Gasteiger partial charge < -0.3 is 0 Å². The minimum absolute atomic E-state index is 0.281. The second kappa shape index (κ2) is 5.03. The molecule has 4 rings (SSSR count). The number of carbonyl (C=O) groups is 2. The fourth-order valence-corrected chi connectivity index (χ4v) is 3.52. The van der Waals surface area contributed by atoms with E-state index >= 15 is 0 Å². The summed E-state index contributed by atoms with van der Waals surface area (Å²) in [5.41, 5.74) is 2.72. The highest BCUT2D eigenvalue weighted by Crippen LogP contribution is 2.36. The summed E-state index contributed by atoms with van der Waals surface area (Å²) in [5.74, 6) is -0.561. The molecule has 1 heterocycles. The van der Waals surface area contributed by atoms with Gasteiger partial charge in [0.25, 0.3) is 11.8 Å². The molecule has 0 N–H and O–H groups in total. The SMILES string of the molecule is Cc1cccc(N2C(=O)c3cccc4c(Br)ccc(c34)C2=O)c1. The van der Waals surface area contributed by atoms with Crippen molar-refractivity contribution in [2.24, 2.45) is 0 Å². The summed E-state index contributed by atoms with van der Waals surface area (Å²) >= 11 is 3.49. The van der Waals surface area contributed by atoms with Crippen LogP contribution >= 0.6 is 15.9 Å². The number of hydrogen-bond donors (Lipinski definition) is 0. The van der Waals surface area contributed by atoms with E-state index in [2.05, 4.69) is 15.9 Å². The van der Waals surface area contributed by atoms with Gasteiger partial charge in [-0.05, 0) is 48.2 Å². The lowest BCUT2D eigenvalue weighted by Gasteiger charge is -2.27. The molecule has 0 fully saturated rings. The predicted octanol–water partition coefficient (Wildman–Crippen LogP) is 4.71.